The maximum Gasteiger partial charge on any atom is 0.269 e. The van der Waals surface area contributed by atoms with Crippen molar-refractivity contribution >= 4 is 17.1 Å². The molecule has 4 heterocycles. The number of fused-ring (bicyclic) bond motifs is 1. The van der Waals surface area contributed by atoms with E-state index in [-0.39, 0.29) is 11.5 Å². The van der Waals surface area contributed by atoms with Crippen molar-refractivity contribution in [2.75, 3.05) is 24.5 Å². The Hall–Kier alpha value is -3.16. The van der Waals surface area contributed by atoms with Crippen LogP contribution in [0.1, 0.15) is 16.9 Å². The van der Waals surface area contributed by atoms with E-state index in [9.17, 15) is 9.59 Å². The van der Waals surface area contributed by atoms with Crippen molar-refractivity contribution in [3.05, 3.63) is 58.8 Å². The van der Waals surface area contributed by atoms with Gasteiger partial charge in [-0.15, -0.1) is 0 Å². The van der Waals surface area contributed by atoms with Crippen LogP contribution in [0.15, 0.2) is 47.5 Å². The number of carbonyl (C=O) groups excluding carboxylic acids is 1. The second-order valence-electron chi connectivity index (χ2n) is 6.57. The molecule has 0 aromatic carbocycles. The van der Waals surface area contributed by atoms with Crippen molar-refractivity contribution in [3.8, 4) is 0 Å². The Balaban J connectivity index is 1.38. The summed E-state index contributed by atoms with van der Waals surface area (Å²) in [4.78, 5) is 26.4. The maximum atomic E-state index is 12.5. The lowest BCUT2D eigenvalue weighted by Gasteiger charge is -2.18. The molecule has 134 valence electrons. The number of amides is 1. The molecule has 0 spiro atoms. The van der Waals surface area contributed by atoms with Gasteiger partial charge in [-0.1, -0.05) is 6.07 Å². The molecule has 1 atom stereocenters. The van der Waals surface area contributed by atoms with Crippen molar-refractivity contribution in [2.45, 2.75) is 6.42 Å². The van der Waals surface area contributed by atoms with Crippen molar-refractivity contribution in [1.82, 2.24) is 24.7 Å². The minimum atomic E-state index is -0.131. The summed E-state index contributed by atoms with van der Waals surface area (Å²) in [6, 6.07) is 9.00. The standard InChI is InChI=1S/C18H20N6O2/c1-22-17(25)9-15(11-21-22)23-8-6-13(12-23)10-19-18(26)16-4-2-3-14-5-7-20-24(14)16/h2-5,7,9,11,13H,6,8,10,12H2,1H3,(H,19,26)/t13-/m0/s1. The smallest absolute Gasteiger partial charge is 0.269 e. The average Bonchev–Trinajstić information content (AvgIpc) is 3.30. The van der Waals surface area contributed by atoms with Crippen LogP contribution >= 0.6 is 0 Å². The molecule has 0 saturated carbocycles. The summed E-state index contributed by atoms with van der Waals surface area (Å²) >= 11 is 0. The molecule has 0 unspecified atom stereocenters. The van der Waals surface area contributed by atoms with Crippen LogP contribution < -0.4 is 15.8 Å². The summed E-state index contributed by atoms with van der Waals surface area (Å²) in [5.74, 6) is 0.202. The van der Waals surface area contributed by atoms with Gasteiger partial charge in [0.05, 0.1) is 23.6 Å². The predicted octanol–water partition coefficient (Wildman–Crippen LogP) is 0.684. The molecule has 0 radical (unpaired) electrons. The number of aryl methyl sites for hydroxylation is 1. The van der Waals surface area contributed by atoms with Gasteiger partial charge in [-0.3, -0.25) is 9.59 Å². The first-order valence-electron chi connectivity index (χ1n) is 8.61. The third-order valence-corrected chi connectivity index (χ3v) is 4.81. The molecule has 1 aliphatic rings. The lowest BCUT2D eigenvalue weighted by Crippen LogP contribution is -2.32. The number of pyridine rings is 1. The van der Waals surface area contributed by atoms with Gasteiger partial charge in [-0.05, 0) is 30.5 Å². The highest BCUT2D eigenvalue weighted by atomic mass is 16.2. The number of nitrogens with one attached hydrogen (secondary N) is 1. The van der Waals surface area contributed by atoms with Crippen LogP contribution in [0.25, 0.3) is 5.52 Å². The zero-order valence-corrected chi connectivity index (χ0v) is 14.5. The number of nitrogens with zero attached hydrogens (tertiary/aromatic N) is 5. The van der Waals surface area contributed by atoms with Gasteiger partial charge in [-0.2, -0.15) is 10.2 Å². The maximum absolute atomic E-state index is 12.5. The van der Waals surface area contributed by atoms with E-state index in [0.717, 1.165) is 30.7 Å². The highest BCUT2D eigenvalue weighted by molar-refractivity contribution is 5.93. The predicted molar refractivity (Wildman–Crippen MR) is 97.3 cm³/mol. The van der Waals surface area contributed by atoms with Crippen molar-refractivity contribution in [1.29, 1.82) is 0 Å². The SMILES string of the molecule is Cn1ncc(N2CC[C@@H](CNC(=O)c3cccc4ccnn34)C2)cc1=O. The van der Waals surface area contributed by atoms with Crippen LogP contribution in [-0.2, 0) is 7.05 Å². The van der Waals surface area contributed by atoms with Crippen LogP contribution in [0, 0.1) is 5.92 Å². The molecule has 3 aromatic heterocycles. The van der Waals surface area contributed by atoms with E-state index in [4.69, 9.17) is 0 Å². The monoisotopic (exact) mass is 352 g/mol. The summed E-state index contributed by atoms with van der Waals surface area (Å²) in [6.07, 6.45) is 4.35. The second kappa shape index (κ2) is 6.62. The average molecular weight is 352 g/mol. The number of aromatic nitrogens is 4. The van der Waals surface area contributed by atoms with Crippen LogP contribution in [0.2, 0.25) is 0 Å². The number of anilines is 1. The van der Waals surface area contributed by atoms with Crippen molar-refractivity contribution < 1.29 is 4.79 Å². The summed E-state index contributed by atoms with van der Waals surface area (Å²) in [5.41, 5.74) is 2.13. The molecular formula is C18H20N6O2. The fourth-order valence-corrected chi connectivity index (χ4v) is 3.32. The quantitative estimate of drug-likeness (QED) is 0.747. The van der Waals surface area contributed by atoms with Crippen LogP contribution in [0.4, 0.5) is 5.69 Å². The third kappa shape index (κ3) is 3.05. The van der Waals surface area contributed by atoms with E-state index in [1.54, 1.807) is 36.1 Å². The van der Waals surface area contributed by atoms with Crippen molar-refractivity contribution in [2.24, 2.45) is 13.0 Å². The summed E-state index contributed by atoms with van der Waals surface area (Å²) in [5, 5.41) is 11.3. The van der Waals surface area contributed by atoms with Gasteiger partial charge in [0, 0.05) is 32.7 Å². The zero-order chi connectivity index (χ0) is 18.1. The van der Waals surface area contributed by atoms with Gasteiger partial charge >= 0.3 is 0 Å². The van der Waals surface area contributed by atoms with Crippen molar-refractivity contribution in [3.63, 3.8) is 0 Å². The number of carbonyl (C=O) groups is 1. The van der Waals surface area contributed by atoms with Gasteiger partial charge in [0.15, 0.2) is 0 Å². The third-order valence-electron chi connectivity index (χ3n) is 4.81. The molecular weight excluding hydrogens is 332 g/mol. The molecule has 8 heteroatoms. The Morgan fingerprint density at radius 2 is 2.19 bits per heavy atom. The van der Waals surface area contributed by atoms with Gasteiger partial charge in [0.25, 0.3) is 11.5 Å². The van der Waals surface area contributed by atoms with Gasteiger partial charge in [0.1, 0.15) is 5.69 Å². The van der Waals surface area contributed by atoms with Gasteiger partial charge < -0.3 is 10.2 Å². The first-order chi connectivity index (χ1) is 12.6. The molecule has 3 aromatic rings. The molecule has 1 N–H and O–H groups in total. The first kappa shape index (κ1) is 16.3. The number of hydrogen-bond acceptors (Lipinski definition) is 5. The van der Waals surface area contributed by atoms with Crippen LogP contribution in [-0.4, -0.2) is 44.9 Å². The molecule has 26 heavy (non-hydrogen) atoms. The van der Waals surface area contributed by atoms with E-state index in [1.807, 2.05) is 18.2 Å². The molecule has 0 bridgehead atoms. The minimum absolute atomic E-state index is 0.119. The second-order valence-corrected chi connectivity index (χ2v) is 6.57. The number of hydrogen-bond donors (Lipinski definition) is 1. The first-order valence-corrected chi connectivity index (χ1v) is 8.61. The summed E-state index contributed by atoms with van der Waals surface area (Å²) in [6.45, 7) is 2.23. The van der Waals surface area contributed by atoms with E-state index < -0.39 is 0 Å². The van der Waals surface area contributed by atoms with Crippen LogP contribution in [0.5, 0.6) is 0 Å². The Morgan fingerprint density at radius 3 is 3.04 bits per heavy atom. The van der Waals surface area contributed by atoms with Crippen LogP contribution in [0.3, 0.4) is 0 Å². The fraction of sp³-hybridized carbons (Fsp3) is 0.333. The van der Waals surface area contributed by atoms with E-state index in [2.05, 4.69) is 20.4 Å². The Bertz CT molecular complexity index is 1010. The fourth-order valence-electron chi connectivity index (χ4n) is 3.32. The molecule has 4 rings (SSSR count). The van der Waals surface area contributed by atoms with E-state index in [1.165, 1.54) is 4.68 Å². The Kier molecular flexibility index (Phi) is 4.16. The normalized spacial score (nSPS) is 17.0. The molecule has 8 nitrogen and oxygen atoms in total. The molecule has 1 amide bonds. The summed E-state index contributed by atoms with van der Waals surface area (Å²) < 4.78 is 2.95. The lowest BCUT2D eigenvalue weighted by atomic mass is 10.1. The Labute approximate surface area is 150 Å². The molecule has 1 aliphatic heterocycles. The minimum Gasteiger partial charge on any atom is -0.370 e. The van der Waals surface area contributed by atoms with Gasteiger partial charge in [0.2, 0.25) is 0 Å². The summed E-state index contributed by atoms with van der Waals surface area (Å²) in [7, 11) is 1.63. The van der Waals surface area contributed by atoms with E-state index in [0.29, 0.717) is 18.2 Å². The van der Waals surface area contributed by atoms with Gasteiger partial charge in [-0.25, -0.2) is 9.20 Å². The highest BCUT2D eigenvalue weighted by Crippen LogP contribution is 2.21. The lowest BCUT2D eigenvalue weighted by molar-refractivity contribution is 0.0941. The molecule has 1 fully saturated rings. The zero-order valence-electron chi connectivity index (χ0n) is 14.5. The number of rotatable bonds is 4. The Morgan fingerprint density at radius 1 is 1.31 bits per heavy atom. The van der Waals surface area contributed by atoms with E-state index >= 15 is 0 Å². The topological polar surface area (TPSA) is 84.5 Å². The largest absolute Gasteiger partial charge is 0.370 e. The highest BCUT2D eigenvalue weighted by Gasteiger charge is 2.24. The molecule has 1 saturated heterocycles. The molecule has 0 aliphatic carbocycles.